The first-order valence-electron chi connectivity index (χ1n) is 8.44. The minimum atomic E-state index is -3.67. The molecule has 1 fully saturated rings. The summed E-state index contributed by atoms with van der Waals surface area (Å²) in [7, 11) is -3.67. The fraction of sp³-hybridized carbons (Fsp3) is 0.588. The summed E-state index contributed by atoms with van der Waals surface area (Å²) in [5.41, 5.74) is 0. The van der Waals surface area contributed by atoms with Gasteiger partial charge in [0.1, 0.15) is 10.7 Å². The van der Waals surface area contributed by atoms with Crippen LogP contribution in [0.4, 0.5) is 4.39 Å². The summed E-state index contributed by atoms with van der Waals surface area (Å²) in [4.78, 5) is 6.36. The number of rotatable bonds is 5. The van der Waals surface area contributed by atoms with E-state index >= 15 is 0 Å². The molecular formula is C17H27FIN3O2S. The standard InChI is InChI=1S/C17H26FN3O2S.HI/c1-3-19-17(21-11-6-7-14(2)13-21)20-10-12-24(22,23)16-9-5-4-8-15(16)18;/h4-5,8-9,14H,3,6-7,10-13H2,1-2H3,(H,19,20);1H. The van der Waals surface area contributed by atoms with Gasteiger partial charge >= 0.3 is 0 Å². The van der Waals surface area contributed by atoms with E-state index in [0.29, 0.717) is 5.92 Å². The molecule has 142 valence electrons. The number of hydrogen-bond donors (Lipinski definition) is 1. The molecule has 8 heteroatoms. The molecule has 1 aromatic carbocycles. The SMILES string of the molecule is CCNC(=NCCS(=O)(=O)c1ccccc1F)N1CCCC(C)C1.I. The molecule has 5 nitrogen and oxygen atoms in total. The number of hydrogen-bond acceptors (Lipinski definition) is 3. The Morgan fingerprint density at radius 3 is 2.76 bits per heavy atom. The number of guanidine groups is 1. The van der Waals surface area contributed by atoms with E-state index in [2.05, 4.69) is 22.1 Å². The van der Waals surface area contributed by atoms with Crippen LogP contribution in [-0.4, -0.2) is 51.2 Å². The Labute approximate surface area is 167 Å². The van der Waals surface area contributed by atoms with Crippen LogP contribution in [0.1, 0.15) is 26.7 Å². The van der Waals surface area contributed by atoms with E-state index in [1.807, 2.05) is 6.92 Å². The lowest BCUT2D eigenvalue weighted by molar-refractivity contribution is 0.266. The van der Waals surface area contributed by atoms with Crippen LogP contribution >= 0.6 is 24.0 Å². The molecule has 0 bridgehead atoms. The van der Waals surface area contributed by atoms with E-state index in [9.17, 15) is 12.8 Å². The number of sulfone groups is 1. The number of likely N-dealkylation sites (tertiary alicyclic amines) is 1. The van der Waals surface area contributed by atoms with Gasteiger partial charge in [-0.1, -0.05) is 19.1 Å². The monoisotopic (exact) mass is 483 g/mol. The highest BCUT2D eigenvalue weighted by Crippen LogP contribution is 2.17. The number of halogens is 2. The van der Waals surface area contributed by atoms with Crippen molar-refractivity contribution in [2.75, 3.05) is 31.9 Å². The summed E-state index contributed by atoms with van der Waals surface area (Å²) >= 11 is 0. The summed E-state index contributed by atoms with van der Waals surface area (Å²) in [5.74, 6) is 0.433. The van der Waals surface area contributed by atoms with Gasteiger partial charge < -0.3 is 10.2 Å². The van der Waals surface area contributed by atoms with Crippen molar-refractivity contribution in [2.24, 2.45) is 10.9 Å². The van der Waals surface area contributed by atoms with Crippen molar-refractivity contribution in [3.63, 3.8) is 0 Å². The predicted molar refractivity (Wildman–Crippen MR) is 110 cm³/mol. The van der Waals surface area contributed by atoms with Crippen molar-refractivity contribution in [3.8, 4) is 0 Å². The zero-order valence-corrected chi connectivity index (χ0v) is 17.9. The Hall–Kier alpha value is -0.900. The lowest BCUT2D eigenvalue weighted by atomic mass is 10.0. The van der Waals surface area contributed by atoms with E-state index in [0.717, 1.165) is 38.1 Å². The van der Waals surface area contributed by atoms with Crippen molar-refractivity contribution in [3.05, 3.63) is 30.1 Å². The molecule has 0 saturated carbocycles. The highest BCUT2D eigenvalue weighted by atomic mass is 127. The molecule has 1 saturated heterocycles. The minimum Gasteiger partial charge on any atom is -0.357 e. The molecule has 1 unspecified atom stereocenters. The van der Waals surface area contributed by atoms with E-state index in [1.54, 1.807) is 0 Å². The summed E-state index contributed by atoms with van der Waals surface area (Å²) in [5, 5.41) is 3.22. The third kappa shape index (κ3) is 6.40. The topological polar surface area (TPSA) is 61.8 Å². The average molecular weight is 483 g/mol. The van der Waals surface area contributed by atoms with Crippen molar-refractivity contribution in [1.29, 1.82) is 0 Å². The van der Waals surface area contributed by atoms with Gasteiger partial charge in [-0.05, 0) is 37.8 Å². The van der Waals surface area contributed by atoms with Crippen LogP contribution in [0.15, 0.2) is 34.2 Å². The number of piperidine rings is 1. The molecule has 1 aliphatic heterocycles. The lowest BCUT2D eigenvalue weighted by Gasteiger charge is -2.33. The van der Waals surface area contributed by atoms with Gasteiger partial charge in [-0.25, -0.2) is 12.8 Å². The molecule has 1 atom stereocenters. The molecule has 0 aromatic heterocycles. The van der Waals surface area contributed by atoms with Crippen LogP contribution in [0.3, 0.4) is 0 Å². The second kappa shape index (κ2) is 10.3. The third-order valence-corrected chi connectivity index (χ3v) is 5.81. The second-order valence-electron chi connectivity index (χ2n) is 6.18. The maximum atomic E-state index is 13.7. The Morgan fingerprint density at radius 2 is 2.12 bits per heavy atom. The van der Waals surface area contributed by atoms with E-state index in [1.165, 1.54) is 24.6 Å². The van der Waals surface area contributed by atoms with Gasteiger partial charge in [0.05, 0.1) is 12.3 Å². The van der Waals surface area contributed by atoms with Crippen LogP contribution in [-0.2, 0) is 9.84 Å². The van der Waals surface area contributed by atoms with Gasteiger partial charge in [0.15, 0.2) is 15.8 Å². The van der Waals surface area contributed by atoms with Gasteiger partial charge in [0.25, 0.3) is 0 Å². The van der Waals surface area contributed by atoms with Gasteiger partial charge in [-0.15, -0.1) is 24.0 Å². The van der Waals surface area contributed by atoms with Crippen molar-refractivity contribution < 1.29 is 12.8 Å². The maximum absolute atomic E-state index is 13.7. The summed E-state index contributed by atoms with van der Waals surface area (Å²) < 4.78 is 38.2. The zero-order valence-electron chi connectivity index (χ0n) is 14.7. The Bertz CT molecular complexity index is 682. The lowest BCUT2D eigenvalue weighted by Crippen LogP contribution is -2.46. The molecule has 1 aromatic rings. The van der Waals surface area contributed by atoms with Crippen molar-refractivity contribution in [2.45, 2.75) is 31.6 Å². The number of nitrogens with zero attached hydrogens (tertiary/aromatic N) is 2. The predicted octanol–water partition coefficient (Wildman–Crippen LogP) is 2.91. The average Bonchev–Trinajstić information content (AvgIpc) is 2.54. The largest absolute Gasteiger partial charge is 0.357 e. The highest BCUT2D eigenvalue weighted by Gasteiger charge is 2.21. The third-order valence-electron chi connectivity index (χ3n) is 4.08. The second-order valence-corrected chi connectivity index (χ2v) is 8.26. The van der Waals surface area contributed by atoms with Crippen LogP contribution < -0.4 is 5.32 Å². The Balaban J connectivity index is 0.00000312. The highest BCUT2D eigenvalue weighted by molar-refractivity contribution is 14.0. The molecule has 1 N–H and O–H groups in total. The number of benzene rings is 1. The van der Waals surface area contributed by atoms with Crippen molar-refractivity contribution >= 4 is 39.8 Å². The first-order chi connectivity index (χ1) is 11.4. The smallest absolute Gasteiger partial charge is 0.193 e. The van der Waals surface area contributed by atoms with E-state index < -0.39 is 15.7 Å². The molecule has 2 rings (SSSR count). The normalized spacial score (nSPS) is 18.6. The first kappa shape index (κ1) is 22.1. The van der Waals surface area contributed by atoms with Gasteiger partial charge in [0, 0.05) is 19.6 Å². The molecule has 0 aliphatic carbocycles. The molecule has 1 heterocycles. The van der Waals surface area contributed by atoms with Gasteiger partial charge in [-0.2, -0.15) is 0 Å². The summed E-state index contributed by atoms with van der Waals surface area (Å²) in [6.45, 7) is 6.88. The molecule has 0 radical (unpaired) electrons. The fourth-order valence-electron chi connectivity index (χ4n) is 2.89. The fourth-order valence-corrected chi connectivity index (χ4v) is 4.09. The van der Waals surface area contributed by atoms with Crippen LogP contribution in [0.25, 0.3) is 0 Å². The molecule has 0 amide bonds. The summed E-state index contributed by atoms with van der Waals surface area (Å²) in [6, 6.07) is 5.47. The molecular weight excluding hydrogens is 456 g/mol. The Kier molecular flexibility index (Phi) is 9.12. The maximum Gasteiger partial charge on any atom is 0.193 e. The van der Waals surface area contributed by atoms with Gasteiger partial charge in [-0.3, -0.25) is 4.99 Å². The number of aliphatic imine (C=N–C) groups is 1. The first-order valence-corrected chi connectivity index (χ1v) is 10.1. The van der Waals surface area contributed by atoms with Crippen LogP contribution in [0.2, 0.25) is 0 Å². The number of nitrogens with one attached hydrogen (secondary N) is 1. The molecule has 25 heavy (non-hydrogen) atoms. The van der Waals surface area contributed by atoms with Crippen LogP contribution in [0.5, 0.6) is 0 Å². The zero-order chi connectivity index (χ0) is 17.6. The molecule has 0 spiro atoms. The van der Waals surface area contributed by atoms with Crippen LogP contribution in [0, 0.1) is 11.7 Å². The van der Waals surface area contributed by atoms with Crippen molar-refractivity contribution in [1.82, 2.24) is 10.2 Å². The van der Waals surface area contributed by atoms with Gasteiger partial charge in [0.2, 0.25) is 0 Å². The Morgan fingerprint density at radius 1 is 1.40 bits per heavy atom. The van der Waals surface area contributed by atoms with E-state index in [-0.39, 0.29) is 41.2 Å². The quantitative estimate of drug-likeness (QED) is 0.398. The minimum absolute atomic E-state index is 0. The summed E-state index contributed by atoms with van der Waals surface area (Å²) in [6.07, 6.45) is 2.32. The molecule has 1 aliphatic rings. The van der Waals surface area contributed by atoms with E-state index in [4.69, 9.17) is 0 Å².